The monoisotopic (exact) mass is 210 g/mol. The van der Waals surface area contributed by atoms with Gasteiger partial charge in [0.2, 0.25) is 0 Å². The molecular weight excluding hydrogens is 184 g/mol. The molecular formula is C13H26N2. The van der Waals surface area contributed by atoms with Gasteiger partial charge in [0.05, 0.1) is 0 Å². The van der Waals surface area contributed by atoms with Gasteiger partial charge in [-0.2, -0.15) is 0 Å². The lowest BCUT2D eigenvalue weighted by atomic mass is 9.84. The van der Waals surface area contributed by atoms with Crippen LogP contribution in [-0.2, 0) is 0 Å². The number of hydrogen-bond acceptors (Lipinski definition) is 2. The fourth-order valence-corrected chi connectivity index (χ4v) is 3.09. The van der Waals surface area contributed by atoms with Crippen molar-refractivity contribution in [1.82, 2.24) is 10.2 Å². The Balaban J connectivity index is 1.77. The minimum absolute atomic E-state index is 0.749. The number of nitrogens with one attached hydrogen (secondary N) is 1. The average molecular weight is 210 g/mol. The second-order valence-electron chi connectivity index (χ2n) is 5.61. The largest absolute Gasteiger partial charge is 0.313 e. The molecule has 2 fully saturated rings. The maximum absolute atomic E-state index is 3.61. The predicted octanol–water partition coefficient (Wildman–Crippen LogP) is 2.11. The highest BCUT2D eigenvalue weighted by atomic mass is 15.2. The molecule has 1 heterocycles. The van der Waals surface area contributed by atoms with Crippen LogP contribution < -0.4 is 5.32 Å². The van der Waals surface area contributed by atoms with Crippen LogP contribution in [-0.4, -0.2) is 37.1 Å². The molecule has 0 aromatic rings. The average Bonchev–Trinajstić information content (AvgIpc) is 2.11. The van der Waals surface area contributed by atoms with E-state index in [2.05, 4.69) is 24.1 Å². The van der Waals surface area contributed by atoms with Crippen molar-refractivity contribution in [2.24, 2.45) is 11.8 Å². The van der Waals surface area contributed by atoms with Gasteiger partial charge in [0.15, 0.2) is 0 Å². The quantitative estimate of drug-likeness (QED) is 0.764. The molecule has 2 nitrogen and oxygen atoms in total. The summed E-state index contributed by atoms with van der Waals surface area (Å²) in [5.74, 6) is 1.90. The first-order chi connectivity index (χ1) is 7.28. The van der Waals surface area contributed by atoms with E-state index in [-0.39, 0.29) is 0 Å². The fraction of sp³-hybridized carbons (Fsp3) is 1.00. The van der Waals surface area contributed by atoms with Crippen LogP contribution >= 0.6 is 0 Å². The summed E-state index contributed by atoms with van der Waals surface area (Å²) in [4.78, 5) is 2.70. The number of likely N-dealkylation sites (N-methyl/N-ethyl adjacent to an activating group) is 1. The highest BCUT2D eigenvalue weighted by molar-refractivity contribution is 4.84. The second kappa shape index (κ2) is 5.31. The van der Waals surface area contributed by atoms with Gasteiger partial charge in [-0.1, -0.05) is 20.3 Å². The zero-order valence-electron chi connectivity index (χ0n) is 10.3. The molecule has 0 spiro atoms. The van der Waals surface area contributed by atoms with E-state index >= 15 is 0 Å². The van der Waals surface area contributed by atoms with Crippen LogP contribution in [0.25, 0.3) is 0 Å². The van der Waals surface area contributed by atoms with Crippen molar-refractivity contribution in [3.8, 4) is 0 Å². The third kappa shape index (κ3) is 3.18. The SMILES string of the molecule is CCNC1CC(C)CN(CC2CCC2)C1. The first-order valence-electron chi connectivity index (χ1n) is 6.73. The molecule has 0 aromatic carbocycles. The molecule has 1 saturated heterocycles. The first-order valence-corrected chi connectivity index (χ1v) is 6.73. The maximum atomic E-state index is 3.61. The van der Waals surface area contributed by atoms with Crippen molar-refractivity contribution in [2.75, 3.05) is 26.2 Å². The highest BCUT2D eigenvalue weighted by Crippen LogP contribution is 2.28. The highest BCUT2D eigenvalue weighted by Gasteiger charge is 2.27. The van der Waals surface area contributed by atoms with Crippen LogP contribution in [0.4, 0.5) is 0 Å². The summed E-state index contributed by atoms with van der Waals surface area (Å²) in [5.41, 5.74) is 0. The zero-order chi connectivity index (χ0) is 10.7. The number of nitrogens with zero attached hydrogens (tertiary/aromatic N) is 1. The predicted molar refractivity (Wildman–Crippen MR) is 65.0 cm³/mol. The molecule has 1 N–H and O–H groups in total. The minimum atomic E-state index is 0.749. The van der Waals surface area contributed by atoms with Gasteiger partial charge < -0.3 is 10.2 Å². The molecule has 15 heavy (non-hydrogen) atoms. The van der Waals surface area contributed by atoms with E-state index in [9.17, 15) is 0 Å². The molecule has 2 atom stereocenters. The summed E-state index contributed by atoms with van der Waals surface area (Å²) in [6.45, 7) is 9.72. The molecule has 1 saturated carbocycles. The van der Waals surface area contributed by atoms with Crippen LogP contribution in [0.15, 0.2) is 0 Å². The van der Waals surface area contributed by atoms with Gasteiger partial charge in [0.25, 0.3) is 0 Å². The smallest absolute Gasteiger partial charge is 0.0197 e. The Morgan fingerprint density at radius 3 is 2.67 bits per heavy atom. The van der Waals surface area contributed by atoms with Crippen molar-refractivity contribution in [3.63, 3.8) is 0 Å². The second-order valence-corrected chi connectivity index (χ2v) is 5.61. The van der Waals surface area contributed by atoms with Crippen LogP contribution in [0.1, 0.15) is 39.5 Å². The van der Waals surface area contributed by atoms with Crippen molar-refractivity contribution < 1.29 is 0 Å². The summed E-state index contributed by atoms with van der Waals surface area (Å²) in [5, 5.41) is 3.61. The fourth-order valence-electron chi connectivity index (χ4n) is 3.09. The summed E-state index contributed by atoms with van der Waals surface area (Å²) in [6.07, 6.45) is 5.81. The Bertz CT molecular complexity index is 189. The van der Waals surface area contributed by atoms with E-state index in [0.29, 0.717) is 0 Å². The molecule has 2 heteroatoms. The lowest BCUT2D eigenvalue weighted by molar-refractivity contribution is 0.108. The molecule has 2 aliphatic rings. The standard InChI is InChI=1S/C13H26N2/c1-3-14-13-7-11(2)8-15(10-13)9-12-5-4-6-12/h11-14H,3-10H2,1-2H3. The van der Waals surface area contributed by atoms with Gasteiger partial charge in [0, 0.05) is 25.7 Å². The summed E-state index contributed by atoms with van der Waals surface area (Å²) in [7, 11) is 0. The molecule has 2 unspecified atom stereocenters. The molecule has 2 rings (SSSR count). The molecule has 88 valence electrons. The number of hydrogen-bond donors (Lipinski definition) is 1. The first kappa shape index (κ1) is 11.4. The van der Waals surface area contributed by atoms with E-state index in [4.69, 9.17) is 0 Å². The lowest BCUT2D eigenvalue weighted by Crippen LogP contribution is -2.50. The van der Waals surface area contributed by atoms with Crippen molar-refractivity contribution in [2.45, 2.75) is 45.6 Å². The number of rotatable bonds is 4. The van der Waals surface area contributed by atoms with Crippen molar-refractivity contribution in [3.05, 3.63) is 0 Å². The molecule has 1 aliphatic carbocycles. The van der Waals surface area contributed by atoms with E-state index in [1.807, 2.05) is 0 Å². The Hall–Kier alpha value is -0.0800. The molecule has 0 radical (unpaired) electrons. The Labute approximate surface area is 94.4 Å². The van der Waals surface area contributed by atoms with E-state index in [0.717, 1.165) is 24.4 Å². The summed E-state index contributed by atoms with van der Waals surface area (Å²) < 4.78 is 0. The molecule has 0 bridgehead atoms. The third-order valence-electron chi connectivity index (χ3n) is 3.97. The van der Waals surface area contributed by atoms with Crippen LogP contribution in [0.3, 0.4) is 0 Å². The van der Waals surface area contributed by atoms with Crippen LogP contribution in [0.5, 0.6) is 0 Å². The van der Waals surface area contributed by atoms with Gasteiger partial charge in [0.1, 0.15) is 0 Å². The van der Waals surface area contributed by atoms with Gasteiger partial charge in [-0.3, -0.25) is 0 Å². The Morgan fingerprint density at radius 2 is 2.07 bits per heavy atom. The van der Waals surface area contributed by atoms with Crippen LogP contribution in [0, 0.1) is 11.8 Å². The normalized spacial score (nSPS) is 34.0. The topological polar surface area (TPSA) is 15.3 Å². The van der Waals surface area contributed by atoms with Crippen molar-refractivity contribution >= 4 is 0 Å². The van der Waals surface area contributed by atoms with Gasteiger partial charge in [-0.25, -0.2) is 0 Å². The van der Waals surface area contributed by atoms with Crippen LogP contribution in [0.2, 0.25) is 0 Å². The number of likely N-dealkylation sites (tertiary alicyclic amines) is 1. The summed E-state index contributed by atoms with van der Waals surface area (Å²) in [6, 6.07) is 0.749. The van der Waals surface area contributed by atoms with Crippen molar-refractivity contribution in [1.29, 1.82) is 0 Å². The number of piperidine rings is 1. The third-order valence-corrected chi connectivity index (χ3v) is 3.97. The molecule has 0 amide bonds. The van der Waals surface area contributed by atoms with E-state index < -0.39 is 0 Å². The lowest BCUT2D eigenvalue weighted by Gasteiger charge is -2.40. The molecule has 1 aliphatic heterocycles. The van der Waals surface area contributed by atoms with E-state index in [1.54, 1.807) is 0 Å². The Kier molecular flexibility index (Phi) is 4.04. The maximum Gasteiger partial charge on any atom is 0.0197 e. The van der Waals surface area contributed by atoms with Gasteiger partial charge in [-0.05, 0) is 37.6 Å². The Morgan fingerprint density at radius 1 is 1.27 bits per heavy atom. The van der Waals surface area contributed by atoms with Gasteiger partial charge in [-0.15, -0.1) is 0 Å². The van der Waals surface area contributed by atoms with Gasteiger partial charge >= 0.3 is 0 Å². The molecule has 0 aromatic heterocycles. The van der Waals surface area contributed by atoms with E-state index in [1.165, 1.54) is 45.3 Å². The minimum Gasteiger partial charge on any atom is -0.313 e. The zero-order valence-corrected chi connectivity index (χ0v) is 10.3. The summed E-state index contributed by atoms with van der Waals surface area (Å²) >= 11 is 0.